The second-order valence-electron chi connectivity index (χ2n) is 5.29. The minimum absolute atomic E-state index is 0.0188. The van der Waals surface area contributed by atoms with E-state index in [4.69, 9.17) is 9.84 Å². The van der Waals surface area contributed by atoms with Crippen LogP contribution >= 0.6 is 0 Å². The molecule has 0 spiro atoms. The zero-order valence-corrected chi connectivity index (χ0v) is 14.0. The fourth-order valence-electron chi connectivity index (χ4n) is 2.11. The Morgan fingerprint density at radius 2 is 2.04 bits per heavy atom. The van der Waals surface area contributed by atoms with E-state index < -0.39 is 0 Å². The number of nitrogens with zero attached hydrogens (tertiary/aromatic N) is 1. The average Bonchev–Trinajstić information content (AvgIpc) is 2.54. The number of hydrogen-bond acceptors (Lipinski definition) is 4. The van der Waals surface area contributed by atoms with E-state index in [1.807, 2.05) is 13.8 Å². The lowest BCUT2D eigenvalue weighted by Gasteiger charge is -2.27. The molecule has 23 heavy (non-hydrogen) atoms. The van der Waals surface area contributed by atoms with Gasteiger partial charge in [0.2, 0.25) is 0 Å². The first-order valence-corrected chi connectivity index (χ1v) is 7.53. The lowest BCUT2D eigenvalue weighted by atomic mass is 10.1. The highest BCUT2D eigenvalue weighted by molar-refractivity contribution is 5.97. The first-order valence-electron chi connectivity index (χ1n) is 7.53. The standard InChI is InChI=1S/C16H25N3O4/c1-11(2)19(8-5-9-20)16(22)18-13-10-12(15(21)17-3)6-7-14(13)23-4/h6-7,10-11,20H,5,8-9H2,1-4H3,(H,17,21)(H,18,22). The number of aliphatic hydroxyl groups is 1. The summed E-state index contributed by atoms with van der Waals surface area (Å²) >= 11 is 0. The SMILES string of the molecule is CNC(=O)c1ccc(OC)c(NC(=O)N(CCCO)C(C)C)c1. The lowest BCUT2D eigenvalue weighted by molar-refractivity contribution is 0.0963. The predicted molar refractivity (Wildman–Crippen MR) is 88.9 cm³/mol. The third-order valence-electron chi connectivity index (χ3n) is 3.37. The molecule has 0 aromatic heterocycles. The van der Waals surface area contributed by atoms with Gasteiger partial charge in [-0.3, -0.25) is 4.79 Å². The van der Waals surface area contributed by atoms with Crippen LogP contribution in [0.2, 0.25) is 0 Å². The Bertz CT molecular complexity index is 546. The second-order valence-corrected chi connectivity index (χ2v) is 5.29. The normalized spacial score (nSPS) is 10.3. The fraction of sp³-hybridized carbons (Fsp3) is 0.500. The van der Waals surface area contributed by atoms with Crippen molar-refractivity contribution in [3.63, 3.8) is 0 Å². The van der Waals surface area contributed by atoms with Crippen molar-refractivity contribution in [2.45, 2.75) is 26.3 Å². The van der Waals surface area contributed by atoms with Crippen molar-refractivity contribution >= 4 is 17.6 Å². The van der Waals surface area contributed by atoms with E-state index >= 15 is 0 Å². The Morgan fingerprint density at radius 3 is 2.57 bits per heavy atom. The number of carbonyl (C=O) groups is 2. The van der Waals surface area contributed by atoms with Crippen molar-refractivity contribution in [2.75, 3.05) is 32.6 Å². The summed E-state index contributed by atoms with van der Waals surface area (Å²) in [5.41, 5.74) is 0.850. The topological polar surface area (TPSA) is 90.9 Å². The van der Waals surface area contributed by atoms with Gasteiger partial charge in [0, 0.05) is 31.8 Å². The molecule has 0 radical (unpaired) electrons. The highest BCUT2D eigenvalue weighted by Gasteiger charge is 2.19. The van der Waals surface area contributed by atoms with Gasteiger partial charge >= 0.3 is 6.03 Å². The third-order valence-corrected chi connectivity index (χ3v) is 3.37. The van der Waals surface area contributed by atoms with Gasteiger partial charge in [-0.1, -0.05) is 0 Å². The Morgan fingerprint density at radius 1 is 1.35 bits per heavy atom. The van der Waals surface area contributed by atoms with Crippen LogP contribution in [0.3, 0.4) is 0 Å². The molecule has 0 aliphatic heterocycles. The van der Waals surface area contributed by atoms with Gasteiger partial charge in [-0.05, 0) is 38.5 Å². The van der Waals surface area contributed by atoms with Gasteiger partial charge in [0.25, 0.3) is 5.91 Å². The third kappa shape index (κ3) is 5.14. The van der Waals surface area contributed by atoms with Gasteiger partial charge in [-0.2, -0.15) is 0 Å². The molecule has 0 saturated heterocycles. The molecule has 0 unspecified atom stereocenters. The van der Waals surface area contributed by atoms with Gasteiger partial charge < -0.3 is 25.4 Å². The zero-order valence-electron chi connectivity index (χ0n) is 14.0. The van der Waals surface area contributed by atoms with Crippen molar-refractivity contribution in [1.82, 2.24) is 10.2 Å². The number of carbonyl (C=O) groups excluding carboxylic acids is 2. The van der Waals surface area contributed by atoms with Crippen LogP contribution in [0.1, 0.15) is 30.6 Å². The minimum Gasteiger partial charge on any atom is -0.495 e. The van der Waals surface area contributed by atoms with Crippen molar-refractivity contribution in [2.24, 2.45) is 0 Å². The smallest absolute Gasteiger partial charge is 0.322 e. The Hall–Kier alpha value is -2.28. The van der Waals surface area contributed by atoms with Crippen molar-refractivity contribution < 1.29 is 19.4 Å². The summed E-state index contributed by atoms with van der Waals surface area (Å²) in [6, 6.07) is 4.50. The minimum atomic E-state index is -0.305. The second kappa shape index (κ2) is 8.99. The van der Waals surface area contributed by atoms with Gasteiger partial charge in [0.1, 0.15) is 5.75 Å². The van der Waals surface area contributed by atoms with Crippen LogP contribution in [0, 0.1) is 0 Å². The first kappa shape index (κ1) is 18.8. The summed E-state index contributed by atoms with van der Waals surface area (Å²) in [4.78, 5) is 25.8. The number of ether oxygens (including phenoxy) is 1. The fourth-order valence-corrected chi connectivity index (χ4v) is 2.11. The van der Waals surface area contributed by atoms with E-state index in [0.717, 1.165) is 0 Å². The van der Waals surface area contributed by atoms with Crippen LogP contribution in [-0.4, -0.2) is 55.3 Å². The molecule has 1 aromatic rings. The molecule has 128 valence electrons. The summed E-state index contributed by atoms with van der Waals surface area (Å²) in [6.07, 6.45) is 0.501. The molecule has 3 amide bonds. The van der Waals surface area contributed by atoms with Gasteiger partial charge in [0.15, 0.2) is 0 Å². The monoisotopic (exact) mass is 323 g/mol. The number of hydrogen-bond donors (Lipinski definition) is 3. The molecule has 1 aromatic carbocycles. The molecule has 0 saturated carbocycles. The van der Waals surface area contributed by atoms with Crippen LogP contribution < -0.4 is 15.4 Å². The molecule has 0 aliphatic rings. The number of nitrogens with one attached hydrogen (secondary N) is 2. The maximum atomic E-state index is 12.5. The van der Waals surface area contributed by atoms with Gasteiger partial charge in [-0.25, -0.2) is 4.79 Å². The van der Waals surface area contributed by atoms with E-state index in [9.17, 15) is 9.59 Å². The van der Waals surface area contributed by atoms with Gasteiger partial charge in [-0.15, -0.1) is 0 Å². The molecule has 7 nitrogen and oxygen atoms in total. The summed E-state index contributed by atoms with van der Waals surface area (Å²) in [6.45, 7) is 4.26. The summed E-state index contributed by atoms with van der Waals surface area (Å²) in [7, 11) is 3.04. The number of aliphatic hydroxyl groups excluding tert-OH is 1. The van der Waals surface area contributed by atoms with Crippen LogP contribution in [0.15, 0.2) is 18.2 Å². The van der Waals surface area contributed by atoms with Crippen molar-refractivity contribution in [1.29, 1.82) is 0 Å². The van der Waals surface area contributed by atoms with Crippen molar-refractivity contribution in [3.8, 4) is 5.75 Å². The van der Waals surface area contributed by atoms with E-state index in [1.165, 1.54) is 7.11 Å². The summed E-state index contributed by atoms with van der Waals surface area (Å²) in [5.74, 6) is 0.223. The number of rotatable bonds is 7. The Balaban J connectivity index is 3.00. The quantitative estimate of drug-likeness (QED) is 0.712. The van der Waals surface area contributed by atoms with Gasteiger partial charge in [0.05, 0.1) is 12.8 Å². The number of urea groups is 1. The molecule has 7 heteroatoms. The van der Waals surface area contributed by atoms with E-state index in [1.54, 1.807) is 30.1 Å². The molecule has 0 atom stereocenters. The lowest BCUT2D eigenvalue weighted by Crippen LogP contribution is -2.41. The number of benzene rings is 1. The Kier molecular flexibility index (Phi) is 7.34. The van der Waals surface area contributed by atoms with Crippen LogP contribution in [-0.2, 0) is 0 Å². The molecule has 0 heterocycles. The highest BCUT2D eigenvalue weighted by atomic mass is 16.5. The molecule has 3 N–H and O–H groups in total. The number of methoxy groups -OCH3 is 1. The molecule has 1 rings (SSSR count). The number of amides is 3. The maximum Gasteiger partial charge on any atom is 0.322 e. The molecular formula is C16H25N3O4. The van der Waals surface area contributed by atoms with Crippen molar-refractivity contribution in [3.05, 3.63) is 23.8 Å². The Labute approximate surface area is 136 Å². The largest absolute Gasteiger partial charge is 0.495 e. The first-order chi connectivity index (χ1) is 10.9. The molecular weight excluding hydrogens is 298 g/mol. The van der Waals surface area contributed by atoms with E-state index in [-0.39, 0.29) is 24.6 Å². The van der Waals surface area contributed by atoms with Crippen LogP contribution in [0.25, 0.3) is 0 Å². The average molecular weight is 323 g/mol. The van der Waals surface area contributed by atoms with E-state index in [2.05, 4.69) is 10.6 Å². The summed E-state index contributed by atoms with van der Waals surface area (Å²) < 4.78 is 5.23. The molecule has 0 fully saturated rings. The molecule has 0 aliphatic carbocycles. The maximum absolute atomic E-state index is 12.5. The predicted octanol–water partition coefficient (Wildman–Crippen LogP) is 1.68. The molecule has 0 bridgehead atoms. The van der Waals surface area contributed by atoms with Crippen LogP contribution in [0.4, 0.5) is 10.5 Å². The highest BCUT2D eigenvalue weighted by Crippen LogP contribution is 2.26. The number of anilines is 1. The van der Waals surface area contributed by atoms with E-state index in [0.29, 0.717) is 30.0 Å². The zero-order chi connectivity index (χ0) is 17.4. The summed E-state index contributed by atoms with van der Waals surface area (Å²) in [5, 5.41) is 14.3. The van der Waals surface area contributed by atoms with Crippen LogP contribution in [0.5, 0.6) is 5.75 Å².